The minimum absolute atomic E-state index is 0.271. The second kappa shape index (κ2) is 6.63. The van der Waals surface area contributed by atoms with Crippen LogP contribution in [0.1, 0.15) is 90.9 Å². The summed E-state index contributed by atoms with van der Waals surface area (Å²) in [7, 11) is 0. The van der Waals surface area contributed by atoms with Gasteiger partial charge in [0.15, 0.2) is 0 Å². The number of carbonyl (C=O) groups is 2. The molecule has 4 saturated carbocycles. The molecule has 0 aromatic carbocycles. The number of ketones is 1. The molecule has 0 bridgehead atoms. The van der Waals surface area contributed by atoms with E-state index in [0.717, 1.165) is 19.3 Å². The van der Waals surface area contributed by atoms with Gasteiger partial charge >= 0.3 is 5.97 Å². The highest BCUT2D eigenvalue weighted by Gasteiger charge is 2.61. The first kappa shape index (κ1) is 18.5. The first-order valence-corrected chi connectivity index (χ1v) is 11.1. The van der Waals surface area contributed by atoms with E-state index in [-0.39, 0.29) is 5.41 Å². The molecule has 4 aliphatic rings. The standard InChI is InChI=1S/C23H36O3/c1-22-12-4-3-6-16(22)14-19(24)21-17-10-9-15(7-5-8-20(25)26)23(17,2)13-11-18(21)22/h15-18,21H,3-14H2,1-2H3,(H,25,26). The van der Waals surface area contributed by atoms with Gasteiger partial charge in [0.1, 0.15) is 5.78 Å². The summed E-state index contributed by atoms with van der Waals surface area (Å²) in [5.74, 6) is 2.65. The minimum atomic E-state index is -0.674. The van der Waals surface area contributed by atoms with Crippen molar-refractivity contribution in [3.8, 4) is 0 Å². The van der Waals surface area contributed by atoms with Crippen LogP contribution in [0.25, 0.3) is 0 Å². The number of aliphatic carboxylic acids is 1. The van der Waals surface area contributed by atoms with Crippen LogP contribution in [0.4, 0.5) is 0 Å². The summed E-state index contributed by atoms with van der Waals surface area (Å²) in [6, 6.07) is 0. The lowest BCUT2D eigenvalue weighted by Crippen LogP contribution is -2.56. The summed E-state index contributed by atoms with van der Waals surface area (Å²) in [6.07, 6.45) is 13.1. The summed E-state index contributed by atoms with van der Waals surface area (Å²) < 4.78 is 0. The molecule has 4 fully saturated rings. The van der Waals surface area contributed by atoms with Crippen molar-refractivity contribution in [1.82, 2.24) is 0 Å². The van der Waals surface area contributed by atoms with Gasteiger partial charge in [0.2, 0.25) is 0 Å². The highest BCUT2D eigenvalue weighted by molar-refractivity contribution is 5.83. The van der Waals surface area contributed by atoms with Gasteiger partial charge in [-0.25, -0.2) is 0 Å². The predicted octanol–water partition coefficient (Wildman–Crippen LogP) is 5.47. The fourth-order valence-corrected chi connectivity index (χ4v) is 8.04. The summed E-state index contributed by atoms with van der Waals surface area (Å²) in [6.45, 7) is 4.96. The third kappa shape index (κ3) is 2.76. The number of hydrogen-bond donors (Lipinski definition) is 1. The largest absolute Gasteiger partial charge is 0.481 e. The van der Waals surface area contributed by atoms with E-state index in [1.165, 1.54) is 51.4 Å². The van der Waals surface area contributed by atoms with Gasteiger partial charge in [-0.3, -0.25) is 9.59 Å². The normalized spacial score (nSPS) is 47.8. The maximum Gasteiger partial charge on any atom is 0.303 e. The third-order valence-electron chi connectivity index (χ3n) is 9.53. The monoisotopic (exact) mass is 360 g/mol. The first-order chi connectivity index (χ1) is 12.4. The molecule has 1 N–H and O–H groups in total. The Balaban J connectivity index is 1.54. The molecule has 0 saturated heterocycles. The topological polar surface area (TPSA) is 54.4 Å². The molecule has 7 unspecified atom stereocenters. The number of carbonyl (C=O) groups excluding carboxylic acids is 1. The summed E-state index contributed by atoms with van der Waals surface area (Å²) in [5.41, 5.74) is 0.673. The lowest BCUT2D eigenvalue weighted by molar-refractivity contribution is -0.155. The van der Waals surface area contributed by atoms with Gasteiger partial charge < -0.3 is 5.11 Å². The van der Waals surface area contributed by atoms with Gasteiger partial charge in [0.25, 0.3) is 0 Å². The molecular weight excluding hydrogens is 324 g/mol. The van der Waals surface area contributed by atoms with Crippen molar-refractivity contribution < 1.29 is 14.7 Å². The van der Waals surface area contributed by atoms with Crippen molar-refractivity contribution >= 4 is 11.8 Å². The van der Waals surface area contributed by atoms with Crippen LogP contribution in [0.2, 0.25) is 0 Å². The zero-order valence-electron chi connectivity index (χ0n) is 16.6. The predicted molar refractivity (Wildman–Crippen MR) is 102 cm³/mol. The fourth-order valence-electron chi connectivity index (χ4n) is 8.04. The van der Waals surface area contributed by atoms with Gasteiger partial charge in [0, 0.05) is 18.8 Å². The van der Waals surface area contributed by atoms with E-state index in [1.54, 1.807) is 0 Å². The van der Waals surface area contributed by atoms with E-state index in [0.29, 0.717) is 47.2 Å². The molecule has 0 amide bonds. The smallest absolute Gasteiger partial charge is 0.303 e. The van der Waals surface area contributed by atoms with E-state index in [9.17, 15) is 9.59 Å². The van der Waals surface area contributed by atoms with Crippen molar-refractivity contribution in [2.75, 3.05) is 0 Å². The van der Waals surface area contributed by atoms with Gasteiger partial charge in [-0.2, -0.15) is 0 Å². The lowest BCUT2D eigenvalue weighted by atomic mass is 9.44. The van der Waals surface area contributed by atoms with Gasteiger partial charge in [-0.1, -0.05) is 26.7 Å². The Morgan fingerprint density at radius 3 is 2.58 bits per heavy atom. The Kier molecular flexibility index (Phi) is 4.72. The molecule has 0 spiro atoms. The molecule has 0 heterocycles. The van der Waals surface area contributed by atoms with E-state index in [2.05, 4.69) is 13.8 Å². The number of rotatable bonds is 4. The van der Waals surface area contributed by atoms with Crippen molar-refractivity contribution in [2.24, 2.45) is 40.4 Å². The summed E-state index contributed by atoms with van der Waals surface area (Å²) >= 11 is 0. The van der Waals surface area contributed by atoms with E-state index < -0.39 is 5.97 Å². The number of hydrogen-bond acceptors (Lipinski definition) is 2. The average molecular weight is 361 g/mol. The van der Waals surface area contributed by atoms with Crippen molar-refractivity contribution in [2.45, 2.75) is 90.9 Å². The van der Waals surface area contributed by atoms with Crippen LogP contribution in [0.3, 0.4) is 0 Å². The molecule has 3 heteroatoms. The molecule has 0 aromatic rings. The Morgan fingerprint density at radius 1 is 1.04 bits per heavy atom. The SMILES string of the molecule is CC12CCC3C(C(=O)CC4CCCCC43C)C1CCC2CCCC(=O)O. The molecule has 4 aliphatic carbocycles. The molecule has 4 rings (SSSR count). The molecule has 146 valence electrons. The maximum absolute atomic E-state index is 13.2. The molecule has 7 atom stereocenters. The van der Waals surface area contributed by atoms with Crippen LogP contribution < -0.4 is 0 Å². The molecule has 0 aliphatic heterocycles. The van der Waals surface area contributed by atoms with E-state index >= 15 is 0 Å². The van der Waals surface area contributed by atoms with Gasteiger partial charge in [-0.15, -0.1) is 0 Å². The van der Waals surface area contributed by atoms with E-state index in [4.69, 9.17) is 5.11 Å². The van der Waals surface area contributed by atoms with Crippen LogP contribution in [-0.4, -0.2) is 16.9 Å². The lowest BCUT2D eigenvalue weighted by Gasteiger charge is -2.59. The van der Waals surface area contributed by atoms with Crippen LogP contribution >= 0.6 is 0 Å². The zero-order valence-corrected chi connectivity index (χ0v) is 16.6. The Labute approximate surface area is 158 Å². The molecule has 0 aromatic heterocycles. The summed E-state index contributed by atoms with van der Waals surface area (Å²) in [4.78, 5) is 24.1. The van der Waals surface area contributed by atoms with Gasteiger partial charge in [-0.05, 0) is 85.9 Å². The molecule has 0 radical (unpaired) electrons. The average Bonchev–Trinajstić information content (AvgIpc) is 2.92. The molecule has 3 nitrogen and oxygen atoms in total. The van der Waals surface area contributed by atoms with Crippen molar-refractivity contribution in [3.05, 3.63) is 0 Å². The second-order valence-electron chi connectivity index (χ2n) is 10.5. The zero-order chi connectivity index (χ0) is 18.5. The Morgan fingerprint density at radius 2 is 1.81 bits per heavy atom. The quantitative estimate of drug-likeness (QED) is 0.723. The highest BCUT2D eigenvalue weighted by atomic mass is 16.4. The van der Waals surface area contributed by atoms with Crippen LogP contribution in [0, 0.1) is 40.4 Å². The van der Waals surface area contributed by atoms with E-state index in [1.807, 2.05) is 0 Å². The van der Waals surface area contributed by atoms with Gasteiger partial charge in [0.05, 0.1) is 0 Å². The summed E-state index contributed by atoms with van der Waals surface area (Å²) in [5, 5.41) is 8.97. The van der Waals surface area contributed by atoms with Crippen molar-refractivity contribution in [1.29, 1.82) is 0 Å². The first-order valence-electron chi connectivity index (χ1n) is 11.1. The minimum Gasteiger partial charge on any atom is -0.481 e. The maximum atomic E-state index is 13.2. The number of fused-ring (bicyclic) bond motifs is 5. The molecular formula is C23H36O3. The van der Waals surface area contributed by atoms with Crippen molar-refractivity contribution in [3.63, 3.8) is 0 Å². The van der Waals surface area contributed by atoms with Crippen LogP contribution in [0.15, 0.2) is 0 Å². The van der Waals surface area contributed by atoms with Crippen LogP contribution in [-0.2, 0) is 9.59 Å². The molecule has 26 heavy (non-hydrogen) atoms. The van der Waals surface area contributed by atoms with Crippen LogP contribution in [0.5, 0.6) is 0 Å². The number of Topliss-reactive ketones (excluding diaryl/α,β-unsaturated/α-hetero) is 1. The fraction of sp³-hybridized carbons (Fsp3) is 0.913. The highest BCUT2D eigenvalue weighted by Crippen LogP contribution is 2.67. The number of carboxylic acids is 1. The third-order valence-corrected chi connectivity index (χ3v) is 9.53. The second-order valence-corrected chi connectivity index (χ2v) is 10.5. The Bertz CT molecular complexity index is 584. The number of carboxylic acid groups (broad SMARTS) is 1. The Hall–Kier alpha value is -0.860.